The summed E-state index contributed by atoms with van der Waals surface area (Å²) in [5.41, 5.74) is 2.42. The van der Waals surface area contributed by atoms with Gasteiger partial charge in [0, 0.05) is 29.6 Å². The number of benzene rings is 2. The molecule has 0 radical (unpaired) electrons. The van der Waals surface area contributed by atoms with Crippen LogP contribution in [-0.2, 0) is 12.6 Å². The lowest BCUT2D eigenvalue weighted by molar-refractivity contribution is -0.138. The Morgan fingerprint density at radius 2 is 1.80 bits per heavy atom. The van der Waals surface area contributed by atoms with Crippen molar-refractivity contribution in [3.05, 3.63) is 70.9 Å². The summed E-state index contributed by atoms with van der Waals surface area (Å²) in [4.78, 5) is 3.21. The number of rotatable bonds is 5. The fourth-order valence-electron chi connectivity index (χ4n) is 3.49. The van der Waals surface area contributed by atoms with Crippen LogP contribution in [0.1, 0.15) is 41.5 Å². The summed E-state index contributed by atoms with van der Waals surface area (Å²) in [5, 5.41) is 10.4. The van der Waals surface area contributed by atoms with Gasteiger partial charge in [0.1, 0.15) is 0 Å². The smallest absolute Gasteiger partial charge is 0.396 e. The molecule has 1 unspecified atom stereocenters. The van der Waals surface area contributed by atoms with Crippen LogP contribution in [0.4, 0.5) is 13.2 Å². The third-order valence-electron chi connectivity index (χ3n) is 4.65. The average Bonchev–Trinajstić information content (AvgIpc) is 3.03. The first-order valence-corrected chi connectivity index (χ1v) is 8.33. The number of fused-ring (bicyclic) bond motifs is 1. The SMILES string of the molecule is CCc1cccc2c(C(CCO)c3ccccc3C(F)(F)F)c[nH]c12. The molecule has 0 fully saturated rings. The van der Waals surface area contributed by atoms with Gasteiger partial charge in [-0.1, -0.05) is 43.3 Å². The lowest BCUT2D eigenvalue weighted by Crippen LogP contribution is -2.13. The second kappa shape index (κ2) is 6.92. The van der Waals surface area contributed by atoms with Gasteiger partial charge >= 0.3 is 6.18 Å². The summed E-state index contributed by atoms with van der Waals surface area (Å²) in [6.45, 7) is 1.86. The number of aromatic amines is 1. The average molecular weight is 347 g/mol. The molecule has 3 rings (SSSR count). The number of aryl methyl sites for hydroxylation is 1. The Morgan fingerprint density at radius 3 is 2.48 bits per heavy atom. The molecular formula is C20H20F3NO. The first kappa shape index (κ1) is 17.5. The van der Waals surface area contributed by atoms with Crippen molar-refractivity contribution in [1.82, 2.24) is 4.98 Å². The molecule has 1 atom stereocenters. The zero-order chi connectivity index (χ0) is 18.0. The van der Waals surface area contributed by atoms with Gasteiger partial charge in [-0.25, -0.2) is 0 Å². The molecule has 2 N–H and O–H groups in total. The molecule has 2 aromatic carbocycles. The van der Waals surface area contributed by atoms with Gasteiger partial charge in [0.15, 0.2) is 0 Å². The lowest BCUT2D eigenvalue weighted by Gasteiger charge is -2.21. The highest BCUT2D eigenvalue weighted by Gasteiger charge is 2.35. The summed E-state index contributed by atoms with van der Waals surface area (Å²) in [6, 6.07) is 11.5. The normalized spacial score (nSPS) is 13.3. The van der Waals surface area contributed by atoms with Crippen LogP contribution in [0, 0.1) is 0 Å². The molecule has 132 valence electrons. The van der Waals surface area contributed by atoms with E-state index in [1.165, 1.54) is 12.1 Å². The van der Waals surface area contributed by atoms with Crippen LogP contribution >= 0.6 is 0 Å². The molecule has 1 heterocycles. The van der Waals surface area contributed by atoms with E-state index in [4.69, 9.17) is 0 Å². The highest BCUT2D eigenvalue weighted by molar-refractivity contribution is 5.87. The molecule has 1 aromatic heterocycles. The van der Waals surface area contributed by atoms with Gasteiger partial charge in [0.2, 0.25) is 0 Å². The minimum atomic E-state index is -4.43. The molecule has 0 spiro atoms. The topological polar surface area (TPSA) is 36.0 Å². The third kappa shape index (κ3) is 3.29. The molecular weight excluding hydrogens is 327 g/mol. The predicted octanol–water partition coefficient (Wildman–Crippen LogP) is 5.26. The lowest BCUT2D eigenvalue weighted by atomic mass is 9.85. The number of aromatic nitrogens is 1. The van der Waals surface area contributed by atoms with E-state index < -0.39 is 17.7 Å². The summed E-state index contributed by atoms with van der Waals surface area (Å²) in [5.74, 6) is -0.524. The van der Waals surface area contributed by atoms with Gasteiger partial charge in [0.05, 0.1) is 5.56 Å². The number of hydrogen-bond donors (Lipinski definition) is 2. The van der Waals surface area contributed by atoms with Crippen LogP contribution in [0.3, 0.4) is 0 Å². The van der Waals surface area contributed by atoms with E-state index >= 15 is 0 Å². The highest BCUT2D eigenvalue weighted by atomic mass is 19.4. The number of aliphatic hydroxyl groups is 1. The van der Waals surface area contributed by atoms with Crippen LogP contribution in [0.15, 0.2) is 48.7 Å². The number of nitrogens with one attached hydrogen (secondary N) is 1. The van der Waals surface area contributed by atoms with Crippen molar-refractivity contribution in [2.45, 2.75) is 31.9 Å². The van der Waals surface area contributed by atoms with Crippen molar-refractivity contribution < 1.29 is 18.3 Å². The molecule has 2 nitrogen and oxygen atoms in total. The van der Waals surface area contributed by atoms with Crippen LogP contribution < -0.4 is 0 Å². The molecule has 0 saturated carbocycles. The number of H-pyrrole nitrogens is 1. The summed E-state index contributed by atoms with van der Waals surface area (Å²) in [7, 11) is 0. The van der Waals surface area contributed by atoms with Gasteiger partial charge < -0.3 is 10.1 Å². The molecule has 0 aliphatic carbocycles. The maximum absolute atomic E-state index is 13.5. The molecule has 25 heavy (non-hydrogen) atoms. The molecule has 0 bridgehead atoms. The zero-order valence-corrected chi connectivity index (χ0v) is 13.9. The van der Waals surface area contributed by atoms with Gasteiger partial charge in [-0.2, -0.15) is 13.2 Å². The Bertz CT molecular complexity index is 867. The van der Waals surface area contributed by atoms with E-state index in [-0.39, 0.29) is 18.6 Å². The van der Waals surface area contributed by atoms with Gasteiger partial charge in [-0.05, 0) is 35.6 Å². The van der Waals surface area contributed by atoms with Gasteiger partial charge in [-0.15, -0.1) is 0 Å². The zero-order valence-electron chi connectivity index (χ0n) is 13.9. The Labute approximate surface area is 144 Å². The van der Waals surface area contributed by atoms with E-state index in [1.54, 1.807) is 12.3 Å². The Balaban J connectivity index is 2.19. The largest absolute Gasteiger partial charge is 0.416 e. The van der Waals surface area contributed by atoms with E-state index in [1.807, 2.05) is 25.1 Å². The quantitative estimate of drug-likeness (QED) is 0.648. The molecule has 5 heteroatoms. The fraction of sp³-hybridized carbons (Fsp3) is 0.300. The summed E-state index contributed by atoms with van der Waals surface area (Å²) >= 11 is 0. The van der Waals surface area contributed by atoms with Gasteiger partial charge in [-0.3, -0.25) is 0 Å². The first-order chi connectivity index (χ1) is 12.0. The Hall–Kier alpha value is -2.27. The second-order valence-corrected chi connectivity index (χ2v) is 6.09. The molecule has 0 aliphatic rings. The van der Waals surface area contributed by atoms with Crippen LogP contribution in [0.5, 0.6) is 0 Å². The van der Waals surface area contributed by atoms with Crippen LogP contribution in [-0.4, -0.2) is 16.7 Å². The third-order valence-corrected chi connectivity index (χ3v) is 4.65. The van der Waals surface area contributed by atoms with Crippen LogP contribution in [0.2, 0.25) is 0 Å². The number of alkyl halides is 3. The highest BCUT2D eigenvalue weighted by Crippen LogP contribution is 2.40. The molecule has 0 amide bonds. The monoisotopic (exact) mass is 347 g/mol. The van der Waals surface area contributed by atoms with Crippen molar-refractivity contribution in [3.63, 3.8) is 0 Å². The first-order valence-electron chi connectivity index (χ1n) is 8.33. The van der Waals surface area contributed by atoms with Crippen LogP contribution in [0.25, 0.3) is 10.9 Å². The summed E-state index contributed by atoms with van der Waals surface area (Å²) < 4.78 is 40.4. The minimum absolute atomic E-state index is 0.184. The molecule has 0 saturated heterocycles. The van der Waals surface area contributed by atoms with Crippen molar-refractivity contribution in [2.75, 3.05) is 6.61 Å². The van der Waals surface area contributed by atoms with E-state index in [0.29, 0.717) is 0 Å². The maximum atomic E-state index is 13.5. The van der Waals surface area contributed by atoms with Gasteiger partial charge in [0.25, 0.3) is 0 Å². The predicted molar refractivity (Wildman–Crippen MR) is 92.7 cm³/mol. The standard InChI is InChI=1S/C20H20F3NO/c1-2-13-6-5-8-16-17(12-24-19(13)16)14(10-11-25)15-7-3-4-9-18(15)20(21,22)23/h3-9,12,14,24-25H,2,10-11H2,1H3. The Kier molecular flexibility index (Phi) is 4.86. The molecule has 0 aliphatic heterocycles. The fourth-order valence-corrected chi connectivity index (χ4v) is 3.49. The second-order valence-electron chi connectivity index (χ2n) is 6.09. The number of hydrogen-bond acceptors (Lipinski definition) is 1. The van der Waals surface area contributed by atoms with E-state index in [0.717, 1.165) is 34.5 Å². The maximum Gasteiger partial charge on any atom is 0.416 e. The van der Waals surface area contributed by atoms with E-state index in [9.17, 15) is 18.3 Å². The number of aliphatic hydroxyl groups excluding tert-OH is 1. The van der Waals surface area contributed by atoms with Crippen molar-refractivity contribution >= 4 is 10.9 Å². The van der Waals surface area contributed by atoms with Crippen molar-refractivity contribution in [2.24, 2.45) is 0 Å². The number of halogens is 3. The summed E-state index contributed by atoms with van der Waals surface area (Å²) in [6.07, 6.45) is -1.58. The number of para-hydroxylation sites is 1. The minimum Gasteiger partial charge on any atom is -0.396 e. The van der Waals surface area contributed by atoms with E-state index in [2.05, 4.69) is 4.98 Å². The van der Waals surface area contributed by atoms with Crippen molar-refractivity contribution in [3.8, 4) is 0 Å². The Morgan fingerprint density at radius 1 is 1.04 bits per heavy atom. The van der Waals surface area contributed by atoms with Crippen molar-refractivity contribution in [1.29, 1.82) is 0 Å². The molecule has 3 aromatic rings.